The van der Waals surface area contributed by atoms with E-state index < -0.39 is 0 Å². The van der Waals surface area contributed by atoms with Crippen LogP contribution in [0.2, 0.25) is 5.15 Å². The minimum atomic E-state index is 0.563. The zero-order valence-corrected chi connectivity index (χ0v) is 10.2. The van der Waals surface area contributed by atoms with Crippen LogP contribution in [0.5, 0.6) is 0 Å². The van der Waals surface area contributed by atoms with Crippen molar-refractivity contribution in [1.29, 1.82) is 0 Å². The standard InChI is InChI=1S/C14H13ClN2/c15-13-9-12(11-6-7-11)16-14(17-13)8-10-4-2-1-3-5-10/h1-5,9,11H,6-8H2. The van der Waals surface area contributed by atoms with Crippen LogP contribution in [0.25, 0.3) is 0 Å². The van der Waals surface area contributed by atoms with Crippen molar-refractivity contribution in [3.05, 3.63) is 58.6 Å². The lowest BCUT2D eigenvalue weighted by molar-refractivity contribution is 0.900. The molecule has 0 aliphatic heterocycles. The van der Waals surface area contributed by atoms with Gasteiger partial charge >= 0.3 is 0 Å². The molecule has 0 atom stereocenters. The van der Waals surface area contributed by atoms with Gasteiger partial charge in [-0.3, -0.25) is 0 Å². The van der Waals surface area contributed by atoms with Gasteiger partial charge in [0.2, 0.25) is 0 Å². The number of rotatable bonds is 3. The van der Waals surface area contributed by atoms with E-state index in [4.69, 9.17) is 11.6 Å². The first kappa shape index (κ1) is 10.7. The molecule has 86 valence electrons. The third-order valence-corrected chi connectivity index (χ3v) is 3.16. The number of benzene rings is 1. The van der Waals surface area contributed by atoms with Crippen LogP contribution in [0.15, 0.2) is 36.4 Å². The SMILES string of the molecule is Clc1cc(C2CC2)nc(Cc2ccccc2)n1. The molecule has 1 heterocycles. The van der Waals surface area contributed by atoms with Crippen LogP contribution in [0.1, 0.15) is 35.8 Å². The Bertz CT molecular complexity index is 521. The summed E-state index contributed by atoms with van der Waals surface area (Å²) in [4.78, 5) is 8.89. The first-order valence-electron chi connectivity index (χ1n) is 5.88. The van der Waals surface area contributed by atoms with Crippen molar-refractivity contribution < 1.29 is 0 Å². The second-order valence-corrected chi connectivity index (χ2v) is 4.86. The normalized spacial score (nSPS) is 14.9. The van der Waals surface area contributed by atoms with E-state index in [2.05, 4.69) is 22.1 Å². The third kappa shape index (κ3) is 2.64. The fraction of sp³-hybridized carbons (Fsp3) is 0.286. The van der Waals surface area contributed by atoms with Crippen LogP contribution < -0.4 is 0 Å². The van der Waals surface area contributed by atoms with Gasteiger partial charge in [0.15, 0.2) is 0 Å². The number of hydrogen-bond acceptors (Lipinski definition) is 2. The van der Waals surface area contributed by atoms with E-state index in [1.54, 1.807) is 0 Å². The topological polar surface area (TPSA) is 25.8 Å². The van der Waals surface area contributed by atoms with E-state index >= 15 is 0 Å². The maximum Gasteiger partial charge on any atom is 0.134 e. The lowest BCUT2D eigenvalue weighted by Crippen LogP contribution is -2.00. The van der Waals surface area contributed by atoms with Crippen molar-refractivity contribution >= 4 is 11.6 Å². The second-order valence-electron chi connectivity index (χ2n) is 4.47. The minimum absolute atomic E-state index is 0.563. The van der Waals surface area contributed by atoms with E-state index in [0.717, 1.165) is 17.9 Å². The molecule has 1 saturated carbocycles. The number of hydrogen-bond donors (Lipinski definition) is 0. The molecule has 2 nitrogen and oxygen atoms in total. The predicted molar refractivity (Wildman–Crippen MR) is 68.3 cm³/mol. The largest absolute Gasteiger partial charge is 0.237 e. The molecule has 3 heteroatoms. The number of nitrogens with zero attached hydrogens (tertiary/aromatic N) is 2. The molecule has 2 aromatic rings. The van der Waals surface area contributed by atoms with Crippen LogP contribution in [-0.2, 0) is 6.42 Å². The van der Waals surface area contributed by atoms with Crippen LogP contribution in [0.4, 0.5) is 0 Å². The molecule has 1 fully saturated rings. The van der Waals surface area contributed by atoms with Gasteiger partial charge in [0.1, 0.15) is 11.0 Å². The van der Waals surface area contributed by atoms with Crippen molar-refractivity contribution in [2.45, 2.75) is 25.2 Å². The molecule has 0 saturated heterocycles. The number of aromatic nitrogens is 2. The first-order valence-corrected chi connectivity index (χ1v) is 6.26. The number of halogens is 1. The van der Waals surface area contributed by atoms with Gasteiger partial charge in [0, 0.05) is 18.0 Å². The monoisotopic (exact) mass is 244 g/mol. The Morgan fingerprint density at radius 2 is 1.88 bits per heavy atom. The fourth-order valence-electron chi connectivity index (χ4n) is 1.93. The summed E-state index contributed by atoms with van der Waals surface area (Å²) in [5.41, 5.74) is 2.33. The molecule has 0 amide bonds. The maximum absolute atomic E-state index is 6.04. The lowest BCUT2D eigenvalue weighted by Gasteiger charge is -2.04. The molecular weight excluding hydrogens is 232 g/mol. The highest BCUT2D eigenvalue weighted by Crippen LogP contribution is 2.39. The van der Waals surface area contributed by atoms with E-state index in [-0.39, 0.29) is 0 Å². The Balaban J connectivity index is 1.87. The van der Waals surface area contributed by atoms with Gasteiger partial charge in [0.05, 0.1) is 0 Å². The molecule has 0 radical (unpaired) electrons. The Hall–Kier alpha value is -1.41. The van der Waals surface area contributed by atoms with Crippen LogP contribution in [-0.4, -0.2) is 9.97 Å². The van der Waals surface area contributed by atoms with Crippen LogP contribution >= 0.6 is 11.6 Å². The molecular formula is C14H13ClN2. The smallest absolute Gasteiger partial charge is 0.134 e. The molecule has 1 aliphatic rings. The molecule has 17 heavy (non-hydrogen) atoms. The fourth-order valence-corrected chi connectivity index (χ4v) is 2.14. The summed E-state index contributed by atoms with van der Waals surface area (Å²) in [6.07, 6.45) is 3.22. The Morgan fingerprint density at radius 3 is 2.59 bits per heavy atom. The molecule has 0 bridgehead atoms. The predicted octanol–water partition coefficient (Wildman–Crippen LogP) is 3.60. The average molecular weight is 245 g/mol. The van der Waals surface area contributed by atoms with Crippen molar-refractivity contribution in [2.24, 2.45) is 0 Å². The van der Waals surface area contributed by atoms with Crippen molar-refractivity contribution in [1.82, 2.24) is 9.97 Å². The van der Waals surface area contributed by atoms with Gasteiger partial charge in [-0.25, -0.2) is 9.97 Å². The summed E-state index contributed by atoms with van der Waals surface area (Å²) in [6, 6.07) is 12.1. The summed E-state index contributed by atoms with van der Waals surface area (Å²) in [5, 5.41) is 0.563. The van der Waals surface area contributed by atoms with Crippen LogP contribution in [0, 0.1) is 0 Å². The molecule has 1 aliphatic carbocycles. The second kappa shape index (κ2) is 4.46. The van der Waals surface area contributed by atoms with E-state index in [1.807, 2.05) is 24.3 Å². The summed E-state index contributed by atoms with van der Waals surface area (Å²) < 4.78 is 0. The third-order valence-electron chi connectivity index (χ3n) is 2.96. The van der Waals surface area contributed by atoms with Gasteiger partial charge in [0.25, 0.3) is 0 Å². The van der Waals surface area contributed by atoms with E-state index in [1.165, 1.54) is 18.4 Å². The summed E-state index contributed by atoms with van der Waals surface area (Å²) in [6.45, 7) is 0. The van der Waals surface area contributed by atoms with Crippen molar-refractivity contribution in [3.8, 4) is 0 Å². The van der Waals surface area contributed by atoms with Crippen molar-refractivity contribution in [3.63, 3.8) is 0 Å². The van der Waals surface area contributed by atoms with E-state index in [0.29, 0.717) is 11.1 Å². The summed E-state index contributed by atoms with van der Waals surface area (Å²) >= 11 is 6.04. The minimum Gasteiger partial charge on any atom is -0.237 e. The molecule has 1 aromatic heterocycles. The molecule has 3 rings (SSSR count). The first-order chi connectivity index (χ1) is 8.31. The molecule has 0 spiro atoms. The highest BCUT2D eigenvalue weighted by atomic mass is 35.5. The van der Waals surface area contributed by atoms with Gasteiger partial charge in [-0.05, 0) is 24.5 Å². The summed E-state index contributed by atoms with van der Waals surface area (Å²) in [7, 11) is 0. The Morgan fingerprint density at radius 1 is 1.12 bits per heavy atom. The quantitative estimate of drug-likeness (QED) is 0.771. The van der Waals surface area contributed by atoms with Gasteiger partial charge < -0.3 is 0 Å². The highest BCUT2D eigenvalue weighted by molar-refractivity contribution is 6.29. The van der Waals surface area contributed by atoms with Gasteiger partial charge in [-0.15, -0.1) is 0 Å². The molecule has 1 aromatic carbocycles. The van der Waals surface area contributed by atoms with Crippen LogP contribution in [0.3, 0.4) is 0 Å². The zero-order valence-electron chi connectivity index (χ0n) is 9.44. The maximum atomic E-state index is 6.04. The van der Waals surface area contributed by atoms with Gasteiger partial charge in [-0.2, -0.15) is 0 Å². The molecule has 0 N–H and O–H groups in total. The zero-order chi connectivity index (χ0) is 11.7. The molecule has 0 unspecified atom stereocenters. The highest BCUT2D eigenvalue weighted by Gasteiger charge is 2.25. The Kier molecular flexibility index (Phi) is 2.81. The average Bonchev–Trinajstić information content (AvgIpc) is 3.13. The van der Waals surface area contributed by atoms with E-state index in [9.17, 15) is 0 Å². The van der Waals surface area contributed by atoms with Gasteiger partial charge in [-0.1, -0.05) is 41.9 Å². The summed E-state index contributed by atoms with van der Waals surface area (Å²) in [5.74, 6) is 1.44. The lowest BCUT2D eigenvalue weighted by atomic mass is 10.1. The Labute approximate surface area is 106 Å². The van der Waals surface area contributed by atoms with Crippen molar-refractivity contribution in [2.75, 3.05) is 0 Å².